The fraction of sp³-hybridized carbons (Fsp3) is 0.500. The maximum absolute atomic E-state index is 12.4. The first-order valence-electron chi connectivity index (χ1n) is 12.4. The number of amides is 2. The number of benzene rings is 1. The molecule has 1 aromatic carbocycles. The van der Waals surface area contributed by atoms with E-state index >= 15 is 0 Å². The number of hydrogen-bond acceptors (Lipinski definition) is 4. The average molecular weight is 447 g/mol. The van der Waals surface area contributed by atoms with Gasteiger partial charge in [-0.15, -0.1) is 0 Å². The topological polar surface area (TPSA) is 85.9 Å². The summed E-state index contributed by atoms with van der Waals surface area (Å²) in [7, 11) is 0. The van der Waals surface area contributed by atoms with E-state index in [1.807, 2.05) is 24.4 Å². The zero-order valence-electron chi connectivity index (χ0n) is 19.2. The first-order valence-corrected chi connectivity index (χ1v) is 12.4. The molecule has 1 saturated carbocycles. The SMILES string of the molecule is O=C(NCCC1CCCCC1)Nc1cccc(C2CCCN(c3ncnc4[nH]ccc34)C2)c1. The van der Waals surface area contributed by atoms with E-state index < -0.39 is 0 Å². The summed E-state index contributed by atoms with van der Waals surface area (Å²) in [6, 6.07) is 10.3. The lowest BCUT2D eigenvalue weighted by Gasteiger charge is -2.34. The molecule has 174 valence electrons. The summed E-state index contributed by atoms with van der Waals surface area (Å²) >= 11 is 0. The van der Waals surface area contributed by atoms with Crippen LogP contribution in [0.1, 0.15) is 62.8 Å². The van der Waals surface area contributed by atoms with E-state index in [2.05, 4.69) is 42.6 Å². The van der Waals surface area contributed by atoms with Crippen molar-refractivity contribution in [3.05, 3.63) is 48.4 Å². The van der Waals surface area contributed by atoms with Gasteiger partial charge in [0.2, 0.25) is 0 Å². The Kier molecular flexibility index (Phi) is 6.74. The zero-order chi connectivity index (χ0) is 22.5. The van der Waals surface area contributed by atoms with E-state index in [1.165, 1.54) is 37.7 Å². The zero-order valence-corrected chi connectivity index (χ0v) is 19.2. The van der Waals surface area contributed by atoms with Gasteiger partial charge < -0.3 is 20.5 Å². The Bertz CT molecular complexity index is 1070. The molecule has 1 saturated heterocycles. The molecule has 33 heavy (non-hydrogen) atoms. The van der Waals surface area contributed by atoms with Crippen molar-refractivity contribution in [1.29, 1.82) is 0 Å². The van der Waals surface area contributed by atoms with Crippen molar-refractivity contribution >= 4 is 28.6 Å². The Labute approximate surface area is 195 Å². The van der Waals surface area contributed by atoms with Gasteiger partial charge >= 0.3 is 6.03 Å². The molecule has 0 spiro atoms. The van der Waals surface area contributed by atoms with Gasteiger partial charge in [0.1, 0.15) is 17.8 Å². The molecule has 1 atom stereocenters. The highest BCUT2D eigenvalue weighted by Gasteiger charge is 2.24. The molecule has 2 aromatic heterocycles. The molecule has 5 rings (SSSR count). The Morgan fingerprint density at radius 3 is 2.91 bits per heavy atom. The lowest BCUT2D eigenvalue weighted by Crippen LogP contribution is -2.35. The minimum Gasteiger partial charge on any atom is -0.355 e. The van der Waals surface area contributed by atoms with Crippen LogP contribution in [0.3, 0.4) is 0 Å². The van der Waals surface area contributed by atoms with Crippen molar-refractivity contribution in [2.24, 2.45) is 5.92 Å². The lowest BCUT2D eigenvalue weighted by molar-refractivity contribution is 0.250. The minimum absolute atomic E-state index is 0.107. The molecule has 3 N–H and O–H groups in total. The molecule has 0 bridgehead atoms. The summed E-state index contributed by atoms with van der Waals surface area (Å²) in [5, 5.41) is 7.15. The Balaban J connectivity index is 1.18. The Morgan fingerprint density at radius 1 is 1.09 bits per heavy atom. The van der Waals surface area contributed by atoms with Crippen molar-refractivity contribution in [2.45, 2.75) is 57.3 Å². The number of piperidine rings is 1. The second-order valence-corrected chi connectivity index (χ2v) is 9.52. The van der Waals surface area contributed by atoms with Gasteiger partial charge in [0, 0.05) is 37.4 Å². The summed E-state index contributed by atoms with van der Waals surface area (Å²) in [6.07, 6.45) is 13.6. The number of rotatable bonds is 6. The quantitative estimate of drug-likeness (QED) is 0.471. The van der Waals surface area contributed by atoms with E-state index in [0.717, 1.165) is 67.4 Å². The third-order valence-electron chi connectivity index (χ3n) is 7.23. The van der Waals surface area contributed by atoms with Gasteiger partial charge in [-0.3, -0.25) is 0 Å². The van der Waals surface area contributed by atoms with Gasteiger partial charge in [-0.05, 0) is 48.9 Å². The predicted octanol–water partition coefficient (Wildman–Crippen LogP) is 5.43. The molecule has 3 heterocycles. The van der Waals surface area contributed by atoms with Gasteiger partial charge in [0.05, 0.1) is 5.39 Å². The molecule has 0 radical (unpaired) electrons. The predicted molar refractivity (Wildman–Crippen MR) is 133 cm³/mol. The van der Waals surface area contributed by atoms with Crippen LogP contribution in [0.4, 0.5) is 16.3 Å². The summed E-state index contributed by atoms with van der Waals surface area (Å²) < 4.78 is 0. The molecule has 3 aromatic rings. The number of anilines is 2. The summed E-state index contributed by atoms with van der Waals surface area (Å²) in [5.74, 6) is 2.18. The first-order chi connectivity index (χ1) is 16.3. The van der Waals surface area contributed by atoms with Crippen LogP contribution in [-0.2, 0) is 0 Å². The molecule has 1 unspecified atom stereocenters. The second-order valence-electron chi connectivity index (χ2n) is 9.52. The largest absolute Gasteiger partial charge is 0.355 e. The third kappa shape index (κ3) is 5.29. The summed E-state index contributed by atoms with van der Waals surface area (Å²) in [4.78, 5) is 26.9. The van der Waals surface area contributed by atoms with Crippen LogP contribution in [-0.4, -0.2) is 40.6 Å². The number of carbonyl (C=O) groups is 1. The number of aromatic amines is 1. The van der Waals surface area contributed by atoms with Gasteiger partial charge in [-0.25, -0.2) is 14.8 Å². The molecule has 2 aliphatic rings. The van der Waals surface area contributed by atoms with Crippen LogP contribution in [0.15, 0.2) is 42.9 Å². The van der Waals surface area contributed by atoms with Crippen LogP contribution in [0.5, 0.6) is 0 Å². The molecular formula is C26H34N6O. The number of aromatic nitrogens is 3. The molecule has 1 aliphatic carbocycles. The molecule has 7 heteroatoms. The van der Waals surface area contributed by atoms with E-state index in [4.69, 9.17) is 0 Å². The molecule has 2 amide bonds. The molecule has 7 nitrogen and oxygen atoms in total. The van der Waals surface area contributed by atoms with Crippen LogP contribution in [0.2, 0.25) is 0 Å². The second kappa shape index (κ2) is 10.2. The highest BCUT2D eigenvalue weighted by atomic mass is 16.2. The minimum atomic E-state index is -0.107. The van der Waals surface area contributed by atoms with Crippen LogP contribution < -0.4 is 15.5 Å². The lowest BCUT2D eigenvalue weighted by atomic mass is 9.87. The maximum atomic E-state index is 12.4. The van der Waals surface area contributed by atoms with Gasteiger partial charge in [-0.2, -0.15) is 0 Å². The standard InChI is InChI=1S/C26H34N6O/c33-26(28-13-11-19-6-2-1-3-7-19)31-22-10-4-8-20(16-22)21-9-5-15-32(17-21)25-23-12-14-27-24(23)29-18-30-25/h4,8,10,12,14,16,18-19,21H,1-3,5-7,9,11,13,15,17H2,(H,27,29,30)(H2,28,31,33). The van der Waals surface area contributed by atoms with Crippen molar-refractivity contribution in [3.63, 3.8) is 0 Å². The van der Waals surface area contributed by atoms with Crippen LogP contribution in [0, 0.1) is 5.92 Å². The first kappa shape index (κ1) is 21.7. The van der Waals surface area contributed by atoms with Gasteiger partial charge in [0.25, 0.3) is 0 Å². The molecular weight excluding hydrogens is 412 g/mol. The highest BCUT2D eigenvalue weighted by molar-refractivity contribution is 5.89. The van der Waals surface area contributed by atoms with E-state index in [-0.39, 0.29) is 6.03 Å². The van der Waals surface area contributed by atoms with Crippen LogP contribution in [0.25, 0.3) is 11.0 Å². The maximum Gasteiger partial charge on any atom is 0.319 e. The van der Waals surface area contributed by atoms with Crippen molar-refractivity contribution in [3.8, 4) is 0 Å². The van der Waals surface area contributed by atoms with Crippen molar-refractivity contribution < 1.29 is 4.79 Å². The number of nitrogens with zero attached hydrogens (tertiary/aromatic N) is 3. The number of hydrogen-bond donors (Lipinski definition) is 3. The highest BCUT2D eigenvalue weighted by Crippen LogP contribution is 2.32. The van der Waals surface area contributed by atoms with E-state index in [9.17, 15) is 4.79 Å². The fourth-order valence-electron chi connectivity index (χ4n) is 5.46. The van der Waals surface area contributed by atoms with Gasteiger partial charge in [-0.1, -0.05) is 44.2 Å². The Hall–Kier alpha value is -3.09. The number of urea groups is 1. The molecule has 2 fully saturated rings. The smallest absolute Gasteiger partial charge is 0.319 e. The number of nitrogens with one attached hydrogen (secondary N) is 3. The summed E-state index contributed by atoms with van der Waals surface area (Å²) in [6.45, 7) is 2.66. The fourth-order valence-corrected chi connectivity index (χ4v) is 5.46. The Morgan fingerprint density at radius 2 is 2.00 bits per heavy atom. The van der Waals surface area contributed by atoms with Crippen molar-refractivity contribution in [2.75, 3.05) is 29.9 Å². The van der Waals surface area contributed by atoms with Crippen LogP contribution >= 0.6 is 0 Å². The average Bonchev–Trinajstić information content (AvgIpc) is 3.34. The number of fused-ring (bicyclic) bond motifs is 1. The summed E-state index contributed by atoms with van der Waals surface area (Å²) in [5.41, 5.74) is 3.00. The molecule has 1 aliphatic heterocycles. The number of H-pyrrole nitrogens is 1. The third-order valence-corrected chi connectivity index (χ3v) is 7.23. The van der Waals surface area contributed by atoms with E-state index in [1.54, 1.807) is 6.33 Å². The van der Waals surface area contributed by atoms with Gasteiger partial charge in [0.15, 0.2) is 0 Å². The normalized spacial score (nSPS) is 19.5. The monoisotopic (exact) mass is 446 g/mol. The van der Waals surface area contributed by atoms with Crippen molar-refractivity contribution in [1.82, 2.24) is 20.3 Å². The van der Waals surface area contributed by atoms with E-state index in [0.29, 0.717) is 5.92 Å². The number of carbonyl (C=O) groups excluding carboxylic acids is 1.